The molecule has 1 aliphatic heterocycles. The molecule has 1 atom stereocenters. The smallest absolute Gasteiger partial charge is 0.182 e. The van der Waals surface area contributed by atoms with Gasteiger partial charge in [-0.05, 0) is 18.6 Å². The predicted molar refractivity (Wildman–Crippen MR) is 77.7 cm³/mol. The zero-order chi connectivity index (χ0) is 15.1. The summed E-state index contributed by atoms with van der Waals surface area (Å²) in [6.45, 7) is 0. The number of nitrogens with zero attached hydrogens (tertiary/aromatic N) is 1. The van der Waals surface area contributed by atoms with Crippen LogP contribution in [0.2, 0.25) is 0 Å². The second kappa shape index (κ2) is 5.25. The maximum atomic E-state index is 14.0. The highest BCUT2D eigenvalue weighted by Gasteiger charge is 2.32. The largest absolute Gasteiger partial charge is 0.389 e. The molecule has 1 saturated heterocycles. The Bertz CT molecular complexity index is 662. The molecular weight excluding hydrogens is 306 g/mol. The first kappa shape index (κ1) is 15.1. The fourth-order valence-corrected chi connectivity index (χ4v) is 4.21. The predicted octanol–water partition coefficient (Wildman–Crippen LogP) is 1.22. The van der Waals surface area contributed by atoms with Crippen LogP contribution in [-0.4, -0.2) is 38.0 Å². The SMILES string of the molecule is CN(c1ccc(C(N)=S)c(F)c1F)C1CCS(=O)(=O)C1. The molecule has 20 heavy (non-hydrogen) atoms. The van der Waals surface area contributed by atoms with Crippen molar-refractivity contribution in [1.82, 2.24) is 0 Å². The van der Waals surface area contributed by atoms with Crippen LogP contribution in [0.3, 0.4) is 0 Å². The van der Waals surface area contributed by atoms with Gasteiger partial charge in [0, 0.05) is 18.7 Å². The third-order valence-corrected chi connectivity index (χ3v) is 5.43. The molecule has 0 aliphatic carbocycles. The van der Waals surface area contributed by atoms with Crippen molar-refractivity contribution < 1.29 is 17.2 Å². The van der Waals surface area contributed by atoms with E-state index in [1.165, 1.54) is 17.0 Å². The Morgan fingerprint density at radius 1 is 1.40 bits per heavy atom. The number of nitrogens with two attached hydrogens (primary N) is 1. The summed E-state index contributed by atoms with van der Waals surface area (Å²) in [5.41, 5.74) is 5.14. The quantitative estimate of drug-likeness (QED) is 0.849. The van der Waals surface area contributed by atoms with Crippen LogP contribution in [0.1, 0.15) is 12.0 Å². The lowest BCUT2D eigenvalue weighted by molar-refractivity contribution is 0.503. The number of anilines is 1. The van der Waals surface area contributed by atoms with Crippen molar-refractivity contribution in [1.29, 1.82) is 0 Å². The van der Waals surface area contributed by atoms with Crippen molar-refractivity contribution in [3.05, 3.63) is 29.3 Å². The van der Waals surface area contributed by atoms with Gasteiger partial charge in [-0.3, -0.25) is 0 Å². The Balaban J connectivity index is 2.34. The first-order chi connectivity index (χ1) is 9.23. The molecule has 1 fully saturated rings. The van der Waals surface area contributed by atoms with E-state index in [1.54, 1.807) is 7.05 Å². The van der Waals surface area contributed by atoms with Crippen LogP contribution in [-0.2, 0) is 9.84 Å². The van der Waals surface area contributed by atoms with Crippen molar-refractivity contribution >= 4 is 32.7 Å². The molecule has 0 saturated carbocycles. The van der Waals surface area contributed by atoms with E-state index in [0.717, 1.165) is 0 Å². The minimum absolute atomic E-state index is 0.00426. The van der Waals surface area contributed by atoms with Gasteiger partial charge in [0.1, 0.15) is 4.99 Å². The molecule has 0 bridgehead atoms. The van der Waals surface area contributed by atoms with Gasteiger partial charge in [-0.15, -0.1) is 0 Å². The van der Waals surface area contributed by atoms with E-state index < -0.39 is 21.5 Å². The third-order valence-electron chi connectivity index (χ3n) is 3.46. The zero-order valence-electron chi connectivity index (χ0n) is 10.8. The second-order valence-electron chi connectivity index (χ2n) is 4.79. The van der Waals surface area contributed by atoms with Gasteiger partial charge < -0.3 is 10.6 Å². The molecule has 8 heteroatoms. The number of hydrogen-bond acceptors (Lipinski definition) is 4. The fourth-order valence-electron chi connectivity index (χ4n) is 2.28. The summed E-state index contributed by atoms with van der Waals surface area (Å²) in [5.74, 6) is -2.16. The summed E-state index contributed by atoms with van der Waals surface area (Å²) >= 11 is 4.63. The molecule has 1 aromatic carbocycles. The molecule has 1 unspecified atom stereocenters. The Morgan fingerprint density at radius 3 is 2.55 bits per heavy atom. The van der Waals surface area contributed by atoms with Crippen LogP contribution < -0.4 is 10.6 Å². The molecule has 4 nitrogen and oxygen atoms in total. The van der Waals surface area contributed by atoms with Crippen LogP contribution >= 0.6 is 12.2 Å². The minimum Gasteiger partial charge on any atom is -0.389 e. The summed E-state index contributed by atoms with van der Waals surface area (Å²) in [4.78, 5) is 1.23. The van der Waals surface area contributed by atoms with E-state index >= 15 is 0 Å². The van der Waals surface area contributed by atoms with E-state index in [0.29, 0.717) is 6.42 Å². The van der Waals surface area contributed by atoms with Crippen molar-refractivity contribution in [3.8, 4) is 0 Å². The highest BCUT2D eigenvalue weighted by Crippen LogP contribution is 2.28. The van der Waals surface area contributed by atoms with Gasteiger partial charge in [0.15, 0.2) is 21.5 Å². The standard InChI is InChI=1S/C12H14F2N2O2S2/c1-16(7-4-5-20(17,18)6-7)9-3-2-8(12(15)19)10(13)11(9)14/h2-3,7H,4-6H2,1H3,(H2,15,19). The van der Waals surface area contributed by atoms with E-state index in [9.17, 15) is 17.2 Å². The summed E-state index contributed by atoms with van der Waals surface area (Å²) in [5, 5.41) is 0. The molecule has 0 radical (unpaired) electrons. The molecular formula is C12H14F2N2O2S2. The molecule has 0 aromatic heterocycles. The number of rotatable bonds is 3. The highest BCUT2D eigenvalue weighted by molar-refractivity contribution is 7.91. The molecule has 1 heterocycles. The number of hydrogen-bond donors (Lipinski definition) is 1. The highest BCUT2D eigenvalue weighted by atomic mass is 32.2. The van der Waals surface area contributed by atoms with E-state index in [1.807, 2.05) is 0 Å². The number of benzene rings is 1. The second-order valence-corrected chi connectivity index (χ2v) is 7.46. The van der Waals surface area contributed by atoms with Crippen LogP contribution in [0.5, 0.6) is 0 Å². The normalized spacial score (nSPS) is 20.9. The van der Waals surface area contributed by atoms with Crippen LogP contribution in [0.4, 0.5) is 14.5 Å². The van der Waals surface area contributed by atoms with Crippen LogP contribution in [0.25, 0.3) is 0 Å². The number of sulfone groups is 1. The van der Waals surface area contributed by atoms with Gasteiger partial charge in [-0.25, -0.2) is 17.2 Å². The Kier molecular flexibility index (Phi) is 3.97. The lowest BCUT2D eigenvalue weighted by atomic mass is 10.1. The molecule has 1 aromatic rings. The molecule has 1 aliphatic rings. The van der Waals surface area contributed by atoms with Crippen LogP contribution in [0, 0.1) is 11.6 Å². The topological polar surface area (TPSA) is 63.4 Å². The molecule has 0 spiro atoms. The summed E-state index contributed by atoms with van der Waals surface area (Å²) < 4.78 is 50.8. The zero-order valence-corrected chi connectivity index (χ0v) is 12.4. The average Bonchev–Trinajstić information content (AvgIpc) is 2.72. The van der Waals surface area contributed by atoms with Gasteiger partial charge >= 0.3 is 0 Å². The monoisotopic (exact) mass is 320 g/mol. The third kappa shape index (κ3) is 2.76. The van der Waals surface area contributed by atoms with Gasteiger partial charge in [-0.2, -0.15) is 0 Å². The van der Waals surface area contributed by atoms with E-state index in [2.05, 4.69) is 12.2 Å². The van der Waals surface area contributed by atoms with Crippen molar-refractivity contribution in [3.63, 3.8) is 0 Å². The molecule has 2 rings (SSSR count). The number of thiocarbonyl (C=S) groups is 1. The van der Waals surface area contributed by atoms with Crippen molar-refractivity contribution in [2.75, 3.05) is 23.5 Å². The van der Waals surface area contributed by atoms with Crippen LogP contribution in [0.15, 0.2) is 12.1 Å². The summed E-state index contributed by atoms with van der Waals surface area (Å²) in [7, 11) is -1.55. The van der Waals surface area contributed by atoms with Gasteiger partial charge in [0.05, 0.1) is 17.2 Å². The Morgan fingerprint density at radius 2 is 2.05 bits per heavy atom. The first-order valence-electron chi connectivity index (χ1n) is 5.94. The lowest BCUT2D eigenvalue weighted by Crippen LogP contribution is -2.33. The van der Waals surface area contributed by atoms with Gasteiger partial charge in [0.2, 0.25) is 0 Å². The van der Waals surface area contributed by atoms with E-state index in [4.69, 9.17) is 5.73 Å². The average molecular weight is 320 g/mol. The minimum atomic E-state index is -3.09. The van der Waals surface area contributed by atoms with E-state index in [-0.39, 0.29) is 33.8 Å². The molecule has 2 N–H and O–H groups in total. The Hall–Kier alpha value is -1.28. The van der Waals surface area contributed by atoms with Gasteiger partial charge in [-0.1, -0.05) is 12.2 Å². The lowest BCUT2D eigenvalue weighted by Gasteiger charge is -2.26. The molecule has 110 valence electrons. The van der Waals surface area contributed by atoms with Gasteiger partial charge in [0.25, 0.3) is 0 Å². The number of halogens is 2. The van der Waals surface area contributed by atoms with Crippen molar-refractivity contribution in [2.45, 2.75) is 12.5 Å². The first-order valence-corrected chi connectivity index (χ1v) is 8.17. The fraction of sp³-hybridized carbons (Fsp3) is 0.417. The maximum absolute atomic E-state index is 14.0. The maximum Gasteiger partial charge on any atom is 0.182 e. The van der Waals surface area contributed by atoms with Crippen molar-refractivity contribution in [2.24, 2.45) is 5.73 Å². The summed E-state index contributed by atoms with van der Waals surface area (Å²) in [6.07, 6.45) is 0.400. The Labute approximate surface area is 121 Å². The summed E-state index contributed by atoms with van der Waals surface area (Å²) in [6, 6.07) is 2.30. The molecule has 0 amide bonds.